The molecule has 0 aliphatic heterocycles. The number of ether oxygens (including phenoxy) is 1. The fraction of sp³-hybridized carbons (Fsp3) is 0.273. The highest BCUT2D eigenvalue weighted by molar-refractivity contribution is 6.06. The maximum atomic E-state index is 11.5. The molecule has 0 aliphatic carbocycles. The monoisotopic (exact) mass is 207 g/mol. The van der Waals surface area contributed by atoms with Crippen molar-refractivity contribution in [1.82, 2.24) is 0 Å². The van der Waals surface area contributed by atoms with Crippen LogP contribution >= 0.6 is 0 Å². The van der Waals surface area contributed by atoms with Crippen molar-refractivity contribution in [3.8, 4) is 0 Å². The van der Waals surface area contributed by atoms with Gasteiger partial charge in [-0.05, 0) is 13.8 Å². The van der Waals surface area contributed by atoms with Crippen molar-refractivity contribution < 1.29 is 19.2 Å². The molecule has 1 heterocycles. The van der Waals surface area contributed by atoms with Crippen LogP contribution < -0.4 is 9.67 Å². The van der Waals surface area contributed by atoms with Crippen LogP contribution in [-0.2, 0) is 9.53 Å². The number of esters is 1. The summed E-state index contributed by atoms with van der Waals surface area (Å²) in [6.07, 6.45) is 3.27. The van der Waals surface area contributed by atoms with Gasteiger partial charge < -0.3 is 9.84 Å². The number of rotatable bonds is 3. The predicted octanol–water partition coefficient (Wildman–Crippen LogP) is 0.0860. The summed E-state index contributed by atoms with van der Waals surface area (Å²) in [5, 5.41) is 11.3. The Kier molecular flexibility index (Phi) is 3.85. The van der Waals surface area contributed by atoms with E-state index < -0.39 is 5.97 Å². The number of pyridine rings is 1. The Labute approximate surface area is 88.4 Å². The van der Waals surface area contributed by atoms with E-state index in [4.69, 9.17) is 4.74 Å². The van der Waals surface area contributed by atoms with Gasteiger partial charge in [-0.1, -0.05) is 11.8 Å². The van der Waals surface area contributed by atoms with Crippen molar-refractivity contribution in [2.75, 3.05) is 6.61 Å². The lowest BCUT2D eigenvalue weighted by Gasteiger charge is -2.08. The Morgan fingerprint density at radius 1 is 1.33 bits per heavy atom. The summed E-state index contributed by atoms with van der Waals surface area (Å²) < 4.78 is 6.26. The van der Waals surface area contributed by atoms with Crippen LogP contribution in [0.5, 0.6) is 0 Å². The van der Waals surface area contributed by atoms with Gasteiger partial charge in [0.1, 0.15) is 0 Å². The van der Waals surface area contributed by atoms with Gasteiger partial charge in [-0.15, -0.1) is 0 Å². The molecule has 80 valence electrons. The third kappa shape index (κ3) is 2.80. The fourth-order valence-corrected chi connectivity index (χ4v) is 1.18. The maximum Gasteiger partial charge on any atom is 0.403 e. The lowest BCUT2D eigenvalue weighted by atomic mass is 10.3. The number of carbonyl (C=O) groups excluding carboxylic acids is 1. The van der Waals surface area contributed by atoms with Crippen LogP contribution in [0.2, 0.25) is 0 Å². The van der Waals surface area contributed by atoms with Crippen molar-refractivity contribution in [2.45, 2.75) is 13.8 Å². The van der Waals surface area contributed by atoms with Crippen LogP contribution in [-0.4, -0.2) is 12.6 Å². The molecule has 0 radical (unpaired) electrons. The molecule has 0 aliphatic rings. The van der Waals surface area contributed by atoms with Crippen LogP contribution in [0.3, 0.4) is 0 Å². The molecule has 0 amide bonds. The second-order valence-electron chi connectivity index (χ2n) is 2.91. The number of aromatic nitrogens is 1. The van der Waals surface area contributed by atoms with Crippen molar-refractivity contribution in [1.29, 1.82) is 0 Å². The summed E-state index contributed by atoms with van der Waals surface area (Å²) in [5.74, 6) is -0.911. The molecule has 0 saturated carbocycles. The largest absolute Gasteiger partial charge is 0.871 e. The van der Waals surface area contributed by atoms with Gasteiger partial charge in [0.2, 0.25) is 0 Å². The standard InChI is InChI=1S/C11H13NO3/c1-3-15-11(14)10(9(2)13)12-7-5-4-6-8-12/h4-8H,3H2,1-2H3. The molecule has 0 atom stereocenters. The first-order chi connectivity index (χ1) is 7.16. The molecule has 0 saturated heterocycles. The quantitative estimate of drug-likeness (QED) is 0.305. The Bertz CT molecular complexity index is 367. The molecule has 1 rings (SSSR count). The predicted molar refractivity (Wildman–Crippen MR) is 52.2 cm³/mol. The van der Waals surface area contributed by atoms with Gasteiger partial charge >= 0.3 is 5.97 Å². The van der Waals surface area contributed by atoms with Gasteiger partial charge in [-0.3, -0.25) is 0 Å². The highest BCUT2D eigenvalue weighted by Crippen LogP contribution is 2.00. The summed E-state index contributed by atoms with van der Waals surface area (Å²) in [5.41, 5.74) is 0.0254. The number of allylic oxidation sites excluding steroid dienone is 1. The molecule has 1 aromatic rings. The zero-order valence-electron chi connectivity index (χ0n) is 8.77. The SMILES string of the molecule is CCOC(=O)/C(=C(/C)[O-])[n+]1ccccc1. The molecule has 0 unspecified atom stereocenters. The molecule has 0 spiro atoms. The van der Waals surface area contributed by atoms with Crippen LogP contribution in [0.1, 0.15) is 13.8 Å². The molecule has 0 bridgehead atoms. The second kappa shape index (κ2) is 5.14. The van der Waals surface area contributed by atoms with Crippen molar-refractivity contribution >= 4 is 11.7 Å². The van der Waals surface area contributed by atoms with E-state index in [9.17, 15) is 9.90 Å². The summed E-state index contributed by atoms with van der Waals surface area (Å²) >= 11 is 0. The van der Waals surface area contributed by atoms with Gasteiger partial charge in [0.15, 0.2) is 12.4 Å². The lowest BCUT2D eigenvalue weighted by Crippen LogP contribution is -2.38. The number of carbonyl (C=O) groups is 1. The Hall–Kier alpha value is -1.84. The first-order valence-corrected chi connectivity index (χ1v) is 4.68. The molecule has 0 aromatic carbocycles. The summed E-state index contributed by atoms with van der Waals surface area (Å²) in [6.45, 7) is 3.29. The van der Waals surface area contributed by atoms with E-state index in [-0.39, 0.29) is 18.1 Å². The van der Waals surface area contributed by atoms with Crippen molar-refractivity contribution in [3.63, 3.8) is 0 Å². The van der Waals surface area contributed by atoms with E-state index in [1.165, 1.54) is 11.5 Å². The molecule has 4 heteroatoms. The van der Waals surface area contributed by atoms with Gasteiger partial charge in [0.25, 0.3) is 5.70 Å². The minimum atomic E-state index is -0.596. The van der Waals surface area contributed by atoms with Crippen LogP contribution in [0.15, 0.2) is 36.4 Å². The average molecular weight is 207 g/mol. The van der Waals surface area contributed by atoms with Crippen LogP contribution in [0.4, 0.5) is 0 Å². The highest BCUT2D eigenvalue weighted by atomic mass is 16.5. The zero-order valence-corrected chi connectivity index (χ0v) is 8.77. The van der Waals surface area contributed by atoms with E-state index in [0.717, 1.165) is 0 Å². The van der Waals surface area contributed by atoms with Gasteiger partial charge in [0, 0.05) is 12.1 Å². The summed E-state index contributed by atoms with van der Waals surface area (Å²) in [4.78, 5) is 11.5. The van der Waals surface area contributed by atoms with Crippen LogP contribution in [0, 0.1) is 0 Å². The Morgan fingerprint density at radius 2 is 1.93 bits per heavy atom. The average Bonchev–Trinajstić information content (AvgIpc) is 2.19. The number of hydrogen-bond donors (Lipinski definition) is 0. The Morgan fingerprint density at radius 3 is 2.40 bits per heavy atom. The topological polar surface area (TPSA) is 53.2 Å². The minimum Gasteiger partial charge on any atom is -0.871 e. The number of nitrogens with zero attached hydrogens (tertiary/aromatic N) is 1. The first-order valence-electron chi connectivity index (χ1n) is 4.68. The normalized spacial score (nSPS) is 11.9. The zero-order chi connectivity index (χ0) is 11.3. The summed E-state index contributed by atoms with van der Waals surface area (Å²) in [6, 6.07) is 5.28. The number of hydrogen-bond acceptors (Lipinski definition) is 3. The second-order valence-corrected chi connectivity index (χ2v) is 2.91. The first kappa shape index (κ1) is 11.2. The van der Waals surface area contributed by atoms with Crippen LogP contribution in [0.25, 0.3) is 5.70 Å². The van der Waals surface area contributed by atoms with E-state index in [1.54, 1.807) is 37.5 Å². The van der Waals surface area contributed by atoms with Crippen molar-refractivity contribution in [3.05, 3.63) is 36.4 Å². The van der Waals surface area contributed by atoms with E-state index in [0.29, 0.717) is 0 Å². The van der Waals surface area contributed by atoms with Gasteiger partial charge in [-0.25, -0.2) is 4.79 Å². The molecule has 1 aromatic heterocycles. The van der Waals surface area contributed by atoms with E-state index >= 15 is 0 Å². The highest BCUT2D eigenvalue weighted by Gasteiger charge is 2.20. The Balaban J connectivity index is 3.06. The molecular weight excluding hydrogens is 194 g/mol. The molecule has 15 heavy (non-hydrogen) atoms. The van der Waals surface area contributed by atoms with Gasteiger partial charge in [0.05, 0.1) is 6.61 Å². The van der Waals surface area contributed by atoms with E-state index in [2.05, 4.69) is 0 Å². The molecular formula is C11H13NO3. The van der Waals surface area contributed by atoms with Gasteiger partial charge in [-0.2, -0.15) is 4.57 Å². The van der Waals surface area contributed by atoms with E-state index in [1.807, 2.05) is 0 Å². The smallest absolute Gasteiger partial charge is 0.403 e. The third-order valence-electron chi connectivity index (χ3n) is 1.78. The fourth-order valence-electron chi connectivity index (χ4n) is 1.18. The maximum absolute atomic E-state index is 11.5. The molecule has 0 N–H and O–H groups in total. The molecule has 0 fully saturated rings. The third-order valence-corrected chi connectivity index (χ3v) is 1.78. The summed E-state index contributed by atoms with van der Waals surface area (Å²) in [7, 11) is 0. The lowest BCUT2D eigenvalue weighted by molar-refractivity contribution is -0.583. The molecule has 4 nitrogen and oxygen atoms in total. The minimum absolute atomic E-state index is 0.0254. The van der Waals surface area contributed by atoms with Crippen molar-refractivity contribution in [2.24, 2.45) is 0 Å².